The minimum absolute atomic E-state index is 0.309. The maximum Gasteiger partial charge on any atom is 0.428 e. The van der Waals surface area contributed by atoms with Gasteiger partial charge in [-0.05, 0) is 6.08 Å². The van der Waals surface area contributed by atoms with Gasteiger partial charge >= 0.3 is 6.09 Å². The predicted molar refractivity (Wildman–Crippen MR) is 47.2 cm³/mol. The van der Waals surface area contributed by atoms with E-state index in [1.54, 1.807) is 6.21 Å². The van der Waals surface area contributed by atoms with Gasteiger partial charge < -0.3 is 4.74 Å². The molecule has 13 heavy (non-hydrogen) atoms. The van der Waals surface area contributed by atoms with Crippen LogP contribution in [0.4, 0.5) is 4.79 Å². The number of hydrazine groups is 1. The van der Waals surface area contributed by atoms with E-state index in [2.05, 4.69) is 15.2 Å². The van der Waals surface area contributed by atoms with Gasteiger partial charge in [0.1, 0.15) is 0 Å². The summed E-state index contributed by atoms with van der Waals surface area (Å²) >= 11 is 0. The zero-order valence-electron chi connectivity index (χ0n) is 7.36. The van der Waals surface area contributed by atoms with Crippen LogP contribution in [0.2, 0.25) is 0 Å². The zero-order chi connectivity index (χ0) is 9.26. The van der Waals surface area contributed by atoms with Gasteiger partial charge in [-0.25, -0.2) is 15.2 Å². The highest BCUT2D eigenvalue weighted by atomic mass is 16.5. The summed E-state index contributed by atoms with van der Waals surface area (Å²) in [6, 6.07) is 0. The van der Waals surface area contributed by atoms with E-state index in [4.69, 9.17) is 0 Å². The zero-order valence-corrected chi connectivity index (χ0v) is 7.36. The lowest BCUT2D eigenvalue weighted by Gasteiger charge is -2.18. The van der Waals surface area contributed by atoms with Crippen LogP contribution < -0.4 is 5.43 Å². The number of hydrogen-bond acceptors (Lipinski definition) is 4. The van der Waals surface area contributed by atoms with Crippen molar-refractivity contribution in [2.24, 2.45) is 10.9 Å². The van der Waals surface area contributed by atoms with Gasteiger partial charge in [-0.3, -0.25) is 4.99 Å². The Balaban J connectivity index is 2.19. The van der Waals surface area contributed by atoms with Crippen LogP contribution in [0.25, 0.3) is 0 Å². The number of aliphatic imine (C=N–C) groups is 1. The number of ether oxygens (including phenoxy) is 1. The van der Waals surface area contributed by atoms with Gasteiger partial charge in [0.25, 0.3) is 0 Å². The van der Waals surface area contributed by atoms with Crippen molar-refractivity contribution in [3.8, 4) is 0 Å². The maximum absolute atomic E-state index is 11.2. The molecule has 2 heterocycles. The molecule has 2 aliphatic heterocycles. The molecular weight excluding hydrogens is 170 g/mol. The highest BCUT2D eigenvalue weighted by Gasteiger charge is 2.32. The lowest BCUT2D eigenvalue weighted by Crippen LogP contribution is -2.35. The number of nitrogens with one attached hydrogen (secondary N) is 1. The molecule has 1 atom stereocenters. The van der Waals surface area contributed by atoms with Crippen molar-refractivity contribution in [3.63, 3.8) is 0 Å². The van der Waals surface area contributed by atoms with Crippen molar-refractivity contribution >= 4 is 12.3 Å². The number of amides is 1. The van der Waals surface area contributed by atoms with Gasteiger partial charge in [-0.1, -0.05) is 0 Å². The molecule has 0 spiro atoms. The molecular formula is C8H11N3O2. The molecule has 70 valence electrons. The molecule has 1 unspecified atom stereocenters. The number of rotatable bonds is 0. The molecule has 0 aromatic carbocycles. The van der Waals surface area contributed by atoms with Crippen molar-refractivity contribution in [1.82, 2.24) is 10.4 Å². The van der Waals surface area contributed by atoms with Crippen molar-refractivity contribution in [3.05, 3.63) is 11.8 Å². The smallest absolute Gasteiger partial charge is 0.428 e. The quantitative estimate of drug-likeness (QED) is 0.579. The van der Waals surface area contributed by atoms with Crippen molar-refractivity contribution < 1.29 is 9.53 Å². The Hall–Kier alpha value is -1.36. The third-order valence-electron chi connectivity index (χ3n) is 2.21. The average molecular weight is 181 g/mol. The fourth-order valence-electron chi connectivity index (χ4n) is 1.53. The van der Waals surface area contributed by atoms with E-state index in [0.717, 1.165) is 18.8 Å². The Morgan fingerprint density at radius 1 is 1.85 bits per heavy atom. The molecule has 2 rings (SSSR count). The fourth-order valence-corrected chi connectivity index (χ4v) is 1.53. The van der Waals surface area contributed by atoms with E-state index >= 15 is 0 Å². The van der Waals surface area contributed by atoms with Crippen LogP contribution in [-0.2, 0) is 4.74 Å². The SMILES string of the molecule is COC(=O)N1NCC2CN=CC=C21. The molecule has 0 aromatic rings. The summed E-state index contributed by atoms with van der Waals surface area (Å²) in [7, 11) is 1.37. The molecule has 0 aromatic heterocycles. The van der Waals surface area contributed by atoms with Crippen LogP contribution in [0.3, 0.4) is 0 Å². The number of dihydropyridines is 1. The molecule has 0 aliphatic carbocycles. The van der Waals surface area contributed by atoms with Crippen molar-refractivity contribution in [1.29, 1.82) is 0 Å². The molecule has 5 nitrogen and oxygen atoms in total. The first-order chi connectivity index (χ1) is 6.33. The molecule has 1 fully saturated rings. The van der Waals surface area contributed by atoms with Crippen LogP contribution in [0.5, 0.6) is 0 Å². The lowest BCUT2D eigenvalue weighted by molar-refractivity contribution is 0.127. The van der Waals surface area contributed by atoms with Crippen LogP contribution in [-0.4, -0.2) is 37.5 Å². The summed E-state index contributed by atoms with van der Waals surface area (Å²) in [5, 5.41) is 1.44. The number of carbonyl (C=O) groups is 1. The largest absolute Gasteiger partial charge is 0.452 e. The summed E-state index contributed by atoms with van der Waals surface area (Å²) in [5.74, 6) is 0.309. The van der Waals surface area contributed by atoms with Crippen LogP contribution in [0.15, 0.2) is 16.8 Å². The van der Waals surface area contributed by atoms with Crippen molar-refractivity contribution in [2.75, 3.05) is 20.2 Å². The van der Waals surface area contributed by atoms with Gasteiger partial charge in [0, 0.05) is 30.9 Å². The van der Waals surface area contributed by atoms with Gasteiger partial charge in [0.05, 0.1) is 7.11 Å². The van der Waals surface area contributed by atoms with E-state index in [9.17, 15) is 4.79 Å². The number of carbonyl (C=O) groups excluding carboxylic acids is 1. The van der Waals surface area contributed by atoms with Crippen molar-refractivity contribution in [2.45, 2.75) is 0 Å². The van der Waals surface area contributed by atoms with Crippen LogP contribution >= 0.6 is 0 Å². The van der Waals surface area contributed by atoms with Gasteiger partial charge in [-0.2, -0.15) is 0 Å². The van der Waals surface area contributed by atoms with E-state index in [-0.39, 0.29) is 6.09 Å². The summed E-state index contributed by atoms with van der Waals surface area (Å²) in [5.41, 5.74) is 3.91. The van der Waals surface area contributed by atoms with E-state index in [0.29, 0.717) is 5.92 Å². The molecule has 0 bridgehead atoms. The molecule has 1 N–H and O–H groups in total. The summed E-state index contributed by atoms with van der Waals surface area (Å²) in [6.07, 6.45) is 3.18. The van der Waals surface area contributed by atoms with Gasteiger partial charge in [0.2, 0.25) is 0 Å². The lowest BCUT2D eigenvalue weighted by atomic mass is 10.1. The second kappa shape index (κ2) is 3.18. The highest BCUT2D eigenvalue weighted by molar-refractivity contribution is 5.77. The third-order valence-corrected chi connectivity index (χ3v) is 2.21. The minimum Gasteiger partial charge on any atom is -0.452 e. The molecule has 1 saturated heterocycles. The minimum atomic E-state index is -0.371. The molecule has 0 saturated carbocycles. The molecule has 5 heteroatoms. The second-order valence-electron chi connectivity index (χ2n) is 2.97. The van der Waals surface area contributed by atoms with E-state index in [1.807, 2.05) is 6.08 Å². The summed E-state index contributed by atoms with van der Waals surface area (Å²) in [6.45, 7) is 1.49. The van der Waals surface area contributed by atoms with E-state index in [1.165, 1.54) is 12.1 Å². The Labute approximate surface area is 76.0 Å². The molecule has 0 radical (unpaired) electrons. The van der Waals surface area contributed by atoms with Crippen LogP contribution in [0.1, 0.15) is 0 Å². The van der Waals surface area contributed by atoms with Gasteiger partial charge in [-0.15, -0.1) is 0 Å². The third kappa shape index (κ3) is 1.31. The number of hydrogen-bond donors (Lipinski definition) is 1. The fraction of sp³-hybridized carbons (Fsp3) is 0.500. The predicted octanol–water partition coefficient (Wildman–Crippen LogP) is 0.157. The Bertz CT molecular complexity index is 285. The molecule has 2 aliphatic rings. The Morgan fingerprint density at radius 2 is 2.69 bits per heavy atom. The van der Waals surface area contributed by atoms with E-state index < -0.39 is 0 Å². The number of fused-ring (bicyclic) bond motifs is 1. The maximum atomic E-state index is 11.2. The monoisotopic (exact) mass is 181 g/mol. The topological polar surface area (TPSA) is 53.9 Å². The summed E-state index contributed by atoms with van der Waals surface area (Å²) in [4.78, 5) is 15.3. The normalized spacial score (nSPS) is 25.5. The first-order valence-corrected chi connectivity index (χ1v) is 4.14. The number of allylic oxidation sites excluding steroid dienone is 1. The first kappa shape index (κ1) is 8.25. The average Bonchev–Trinajstić information content (AvgIpc) is 2.60. The Kier molecular flexibility index (Phi) is 2.02. The Morgan fingerprint density at radius 3 is 3.46 bits per heavy atom. The molecule has 1 amide bonds. The number of methoxy groups -OCH3 is 1. The number of nitrogens with zero attached hydrogens (tertiary/aromatic N) is 2. The van der Waals surface area contributed by atoms with Gasteiger partial charge in [0.15, 0.2) is 0 Å². The second-order valence-corrected chi connectivity index (χ2v) is 2.97. The highest BCUT2D eigenvalue weighted by Crippen LogP contribution is 2.23. The van der Waals surface area contributed by atoms with Crippen LogP contribution in [0, 0.1) is 5.92 Å². The summed E-state index contributed by atoms with van der Waals surface area (Å²) < 4.78 is 4.62. The standard InChI is InChI=1S/C8H11N3O2/c1-13-8(12)11-7-2-3-9-4-6(7)5-10-11/h2-3,6,10H,4-5H2,1H3. The first-order valence-electron chi connectivity index (χ1n) is 4.14.